The van der Waals surface area contributed by atoms with E-state index < -0.39 is 0 Å². The molecule has 1 aliphatic heterocycles. The zero-order valence-corrected chi connectivity index (χ0v) is 9.39. The predicted molar refractivity (Wildman–Crippen MR) is 57.6 cm³/mol. The van der Waals surface area contributed by atoms with Crippen LogP contribution in [0.15, 0.2) is 0 Å². The van der Waals surface area contributed by atoms with E-state index in [0.717, 1.165) is 25.7 Å². The molecule has 0 amide bonds. The molecule has 3 fully saturated rings. The number of ether oxygens (including phenoxy) is 1. The summed E-state index contributed by atoms with van der Waals surface area (Å²) >= 11 is 0. The van der Waals surface area contributed by atoms with Crippen LogP contribution >= 0.6 is 0 Å². The SMILES string of the molecule is O=C1C2(CCCC2)COCC12CCCC2. The number of carbonyl (C=O) groups is 1. The fourth-order valence-electron chi connectivity index (χ4n) is 3.98. The molecule has 2 spiro atoms. The first-order valence-electron chi connectivity index (χ1n) is 6.40. The van der Waals surface area contributed by atoms with E-state index in [0.29, 0.717) is 19.0 Å². The van der Waals surface area contributed by atoms with Gasteiger partial charge in [0, 0.05) is 0 Å². The van der Waals surface area contributed by atoms with Crippen LogP contribution in [0.25, 0.3) is 0 Å². The Morgan fingerprint density at radius 1 is 0.800 bits per heavy atom. The van der Waals surface area contributed by atoms with Crippen molar-refractivity contribution in [1.82, 2.24) is 0 Å². The molecule has 2 nitrogen and oxygen atoms in total. The number of hydrogen-bond donors (Lipinski definition) is 0. The highest BCUT2D eigenvalue weighted by atomic mass is 16.5. The molecular formula is C13H20O2. The van der Waals surface area contributed by atoms with E-state index >= 15 is 0 Å². The van der Waals surface area contributed by atoms with E-state index in [1.807, 2.05) is 0 Å². The number of carbonyl (C=O) groups excluding carboxylic acids is 1. The Morgan fingerprint density at radius 2 is 1.20 bits per heavy atom. The third kappa shape index (κ3) is 1.30. The zero-order valence-electron chi connectivity index (χ0n) is 9.39. The Kier molecular flexibility index (Phi) is 2.17. The predicted octanol–water partition coefficient (Wildman–Crippen LogP) is 2.71. The fourth-order valence-corrected chi connectivity index (χ4v) is 3.98. The zero-order chi connectivity index (χ0) is 10.4. The number of hydrogen-bond acceptors (Lipinski definition) is 2. The molecule has 2 aliphatic carbocycles. The molecule has 84 valence electrons. The Hall–Kier alpha value is -0.370. The van der Waals surface area contributed by atoms with Gasteiger partial charge in [0.25, 0.3) is 0 Å². The van der Waals surface area contributed by atoms with Crippen LogP contribution in [0, 0.1) is 10.8 Å². The van der Waals surface area contributed by atoms with Gasteiger partial charge in [-0.25, -0.2) is 0 Å². The molecule has 15 heavy (non-hydrogen) atoms. The molecule has 2 saturated carbocycles. The van der Waals surface area contributed by atoms with E-state index in [-0.39, 0.29) is 10.8 Å². The lowest BCUT2D eigenvalue weighted by Crippen LogP contribution is -2.51. The minimum absolute atomic E-state index is 0.0530. The van der Waals surface area contributed by atoms with Crippen molar-refractivity contribution in [3.8, 4) is 0 Å². The summed E-state index contributed by atoms with van der Waals surface area (Å²) in [5, 5.41) is 0. The molecule has 0 atom stereocenters. The Balaban J connectivity index is 1.90. The van der Waals surface area contributed by atoms with Gasteiger partial charge in [0.05, 0.1) is 24.0 Å². The molecule has 1 saturated heterocycles. The van der Waals surface area contributed by atoms with Crippen molar-refractivity contribution in [2.45, 2.75) is 51.4 Å². The molecule has 0 aromatic rings. The topological polar surface area (TPSA) is 26.3 Å². The maximum atomic E-state index is 12.7. The minimum atomic E-state index is -0.0530. The van der Waals surface area contributed by atoms with Crippen LogP contribution in [0.1, 0.15) is 51.4 Å². The second-order valence-corrected chi connectivity index (χ2v) is 5.80. The van der Waals surface area contributed by atoms with Gasteiger partial charge in [0.15, 0.2) is 0 Å². The van der Waals surface area contributed by atoms with Crippen molar-refractivity contribution < 1.29 is 9.53 Å². The van der Waals surface area contributed by atoms with Crippen LogP contribution in [0.5, 0.6) is 0 Å². The van der Waals surface area contributed by atoms with Crippen molar-refractivity contribution in [2.24, 2.45) is 10.8 Å². The van der Waals surface area contributed by atoms with Gasteiger partial charge >= 0.3 is 0 Å². The first-order valence-corrected chi connectivity index (χ1v) is 6.40. The normalized spacial score (nSPS) is 32.9. The highest BCUT2D eigenvalue weighted by Gasteiger charge is 2.55. The molecule has 0 aromatic carbocycles. The second kappa shape index (κ2) is 3.31. The standard InChI is InChI=1S/C13H20O2/c14-11-12(5-1-2-6-12)9-15-10-13(11)7-3-4-8-13/h1-10H2. The summed E-state index contributed by atoms with van der Waals surface area (Å²) < 4.78 is 5.79. The van der Waals surface area contributed by atoms with E-state index in [1.165, 1.54) is 25.7 Å². The fraction of sp³-hybridized carbons (Fsp3) is 0.923. The van der Waals surface area contributed by atoms with Crippen LogP contribution in [-0.4, -0.2) is 19.0 Å². The summed E-state index contributed by atoms with van der Waals surface area (Å²) in [6.45, 7) is 1.43. The maximum Gasteiger partial charge on any atom is 0.149 e. The lowest BCUT2D eigenvalue weighted by Gasteiger charge is -2.42. The third-order valence-corrected chi connectivity index (χ3v) is 4.84. The molecule has 0 radical (unpaired) electrons. The van der Waals surface area contributed by atoms with E-state index in [4.69, 9.17) is 4.74 Å². The summed E-state index contributed by atoms with van der Waals surface area (Å²) in [6, 6.07) is 0. The lowest BCUT2D eigenvalue weighted by molar-refractivity contribution is -0.159. The minimum Gasteiger partial charge on any atom is -0.379 e. The molecule has 3 aliphatic rings. The quantitative estimate of drug-likeness (QED) is 0.612. The van der Waals surface area contributed by atoms with Gasteiger partial charge in [0.1, 0.15) is 5.78 Å². The van der Waals surface area contributed by atoms with Crippen LogP contribution in [0.2, 0.25) is 0 Å². The summed E-state index contributed by atoms with van der Waals surface area (Å²) in [4.78, 5) is 12.7. The first-order chi connectivity index (χ1) is 7.28. The first kappa shape index (κ1) is 9.83. The van der Waals surface area contributed by atoms with Gasteiger partial charge in [-0.2, -0.15) is 0 Å². The van der Waals surface area contributed by atoms with Crippen LogP contribution in [-0.2, 0) is 9.53 Å². The van der Waals surface area contributed by atoms with Gasteiger partial charge < -0.3 is 4.74 Å². The summed E-state index contributed by atoms with van der Waals surface area (Å²) in [5.41, 5.74) is -0.106. The molecule has 3 rings (SSSR count). The average Bonchev–Trinajstić information content (AvgIpc) is 2.86. The largest absolute Gasteiger partial charge is 0.379 e. The van der Waals surface area contributed by atoms with Crippen LogP contribution in [0.3, 0.4) is 0 Å². The van der Waals surface area contributed by atoms with Gasteiger partial charge in [-0.3, -0.25) is 4.79 Å². The smallest absolute Gasteiger partial charge is 0.149 e. The van der Waals surface area contributed by atoms with E-state index in [9.17, 15) is 4.79 Å². The summed E-state index contributed by atoms with van der Waals surface area (Å²) in [7, 11) is 0. The van der Waals surface area contributed by atoms with Gasteiger partial charge in [0.2, 0.25) is 0 Å². The van der Waals surface area contributed by atoms with Crippen LogP contribution < -0.4 is 0 Å². The van der Waals surface area contributed by atoms with Crippen molar-refractivity contribution in [3.05, 3.63) is 0 Å². The number of rotatable bonds is 0. The van der Waals surface area contributed by atoms with Crippen molar-refractivity contribution >= 4 is 5.78 Å². The summed E-state index contributed by atoms with van der Waals surface area (Å²) in [5.74, 6) is 0.580. The van der Waals surface area contributed by atoms with Crippen molar-refractivity contribution in [3.63, 3.8) is 0 Å². The molecule has 1 heterocycles. The van der Waals surface area contributed by atoms with Gasteiger partial charge in [-0.05, 0) is 25.7 Å². The monoisotopic (exact) mass is 208 g/mol. The highest BCUT2D eigenvalue weighted by molar-refractivity contribution is 5.91. The third-order valence-electron chi connectivity index (χ3n) is 4.84. The van der Waals surface area contributed by atoms with Crippen molar-refractivity contribution in [2.75, 3.05) is 13.2 Å². The second-order valence-electron chi connectivity index (χ2n) is 5.80. The van der Waals surface area contributed by atoms with E-state index in [2.05, 4.69) is 0 Å². The highest BCUT2D eigenvalue weighted by Crippen LogP contribution is 2.52. The Morgan fingerprint density at radius 3 is 1.60 bits per heavy atom. The lowest BCUT2D eigenvalue weighted by atomic mass is 9.66. The molecule has 2 heteroatoms. The average molecular weight is 208 g/mol. The van der Waals surface area contributed by atoms with Gasteiger partial charge in [-0.15, -0.1) is 0 Å². The molecule has 0 aromatic heterocycles. The molecule has 0 N–H and O–H groups in total. The number of Topliss-reactive ketones (excluding diaryl/α,β-unsaturated/α-hetero) is 1. The van der Waals surface area contributed by atoms with E-state index in [1.54, 1.807) is 0 Å². The molecular weight excluding hydrogens is 188 g/mol. The van der Waals surface area contributed by atoms with Crippen LogP contribution in [0.4, 0.5) is 0 Å². The molecule has 0 unspecified atom stereocenters. The number of ketones is 1. The summed E-state index contributed by atoms with van der Waals surface area (Å²) in [6.07, 6.45) is 9.27. The Bertz CT molecular complexity index is 244. The van der Waals surface area contributed by atoms with Gasteiger partial charge in [-0.1, -0.05) is 25.7 Å². The maximum absolute atomic E-state index is 12.7. The molecule has 0 bridgehead atoms. The Labute approximate surface area is 91.4 Å². The van der Waals surface area contributed by atoms with Crippen molar-refractivity contribution in [1.29, 1.82) is 0 Å².